The summed E-state index contributed by atoms with van der Waals surface area (Å²) < 4.78 is 19.3. The van der Waals surface area contributed by atoms with E-state index in [0.717, 1.165) is 42.8 Å². The van der Waals surface area contributed by atoms with Crippen LogP contribution in [0.5, 0.6) is 5.75 Å². The zero-order chi connectivity index (χ0) is 22.7. The molecule has 2 aromatic carbocycles. The predicted molar refractivity (Wildman–Crippen MR) is 124 cm³/mol. The van der Waals surface area contributed by atoms with Gasteiger partial charge in [-0.05, 0) is 67.6 Å². The quantitative estimate of drug-likeness (QED) is 0.693. The first-order chi connectivity index (χ1) is 15.3. The van der Waals surface area contributed by atoms with Crippen molar-refractivity contribution in [3.8, 4) is 5.75 Å². The number of amides is 2. The Kier molecular flexibility index (Phi) is 6.70. The van der Waals surface area contributed by atoms with E-state index in [4.69, 9.17) is 4.74 Å². The summed E-state index contributed by atoms with van der Waals surface area (Å²) in [7, 11) is 2.12. The van der Waals surface area contributed by atoms with Gasteiger partial charge in [-0.3, -0.25) is 0 Å². The monoisotopic (exact) mass is 439 g/mol. The van der Waals surface area contributed by atoms with Crippen LogP contribution >= 0.6 is 0 Å². The average Bonchev–Trinajstić information content (AvgIpc) is 3.02. The largest absolute Gasteiger partial charge is 0.493 e. The molecule has 0 radical (unpaired) electrons. The third-order valence-corrected chi connectivity index (χ3v) is 6.71. The number of carbonyl (C=O) groups excluding carboxylic acids is 1. The van der Waals surface area contributed by atoms with Crippen LogP contribution < -0.4 is 10.1 Å². The van der Waals surface area contributed by atoms with Crippen LogP contribution in [0.4, 0.5) is 9.18 Å². The van der Waals surface area contributed by atoms with Crippen molar-refractivity contribution in [3.63, 3.8) is 0 Å². The smallest absolute Gasteiger partial charge is 0.318 e. The molecule has 0 saturated carbocycles. The molecule has 2 amide bonds. The molecule has 1 atom stereocenters. The Bertz CT molecular complexity index is 906. The van der Waals surface area contributed by atoms with Gasteiger partial charge < -0.3 is 19.9 Å². The molecule has 2 heterocycles. The first kappa shape index (κ1) is 22.6. The molecule has 172 valence electrons. The fourth-order valence-corrected chi connectivity index (χ4v) is 4.77. The number of piperidine rings is 1. The summed E-state index contributed by atoms with van der Waals surface area (Å²) in [4.78, 5) is 17.4. The molecule has 2 fully saturated rings. The summed E-state index contributed by atoms with van der Waals surface area (Å²) in [6.07, 6.45) is 2.54. The molecule has 6 heteroatoms. The molecule has 32 heavy (non-hydrogen) atoms. The molecule has 1 spiro atoms. The fourth-order valence-electron chi connectivity index (χ4n) is 4.77. The van der Waals surface area contributed by atoms with E-state index in [-0.39, 0.29) is 23.4 Å². The maximum atomic E-state index is 13.5. The Balaban J connectivity index is 1.54. The molecule has 2 aliphatic rings. The number of nitrogens with one attached hydrogen (secondary N) is 1. The maximum Gasteiger partial charge on any atom is 0.318 e. The first-order valence-corrected chi connectivity index (χ1v) is 11.6. The molecule has 4 rings (SSSR count). The Morgan fingerprint density at radius 1 is 1.06 bits per heavy atom. The van der Waals surface area contributed by atoms with E-state index in [2.05, 4.69) is 31.1 Å². The minimum Gasteiger partial charge on any atom is -0.493 e. The lowest BCUT2D eigenvalue weighted by molar-refractivity contribution is 0.123. The van der Waals surface area contributed by atoms with Gasteiger partial charge >= 0.3 is 6.03 Å². The van der Waals surface area contributed by atoms with Crippen LogP contribution in [0.3, 0.4) is 0 Å². The van der Waals surface area contributed by atoms with E-state index in [1.807, 2.05) is 41.3 Å². The van der Waals surface area contributed by atoms with Crippen LogP contribution in [0, 0.1) is 11.7 Å². The van der Waals surface area contributed by atoms with Gasteiger partial charge in [0.25, 0.3) is 0 Å². The van der Waals surface area contributed by atoms with Crippen LogP contribution in [0.15, 0.2) is 48.5 Å². The highest BCUT2D eigenvalue weighted by molar-refractivity contribution is 5.79. The number of ether oxygens (including phenoxy) is 1. The summed E-state index contributed by atoms with van der Waals surface area (Å²) >= 11 is 0. The standard InChI is InChI=1S/C26H34FN3O2/c1-19(2)18-32-23-10-6-21(7-11-23)17-30-24(16-20-4-8-22(27)9-5-20)26(28-25(30)31)12-14-29(3)15-13-26/h4-11,19,24H,12-18H2,1-3H3,(H,28,31)/t24-/m1/s1. The van der Waals surface area contributed by atoms with Gasteiger partial charge in [0.05, 0.1) is 18.2 Å². The number of benzene rings is 2. The van der Waals surface area contributed by atoms with Crippen molar-refractivity contribution in [2.24, 2.45) is 5.92 Å². The van der Waals surface area contributed by atoms with Crippen molar-refractivity contribution in [2.45, 2.75) is 51.2 Å². The van der Waals surface area contributed by atoms with Crippen LogP contribution in [0.1, 0.15) is 37.8 Å². The average molecular weight is 440 g/mol. The number of likely N-dealkylation sites (tertiary alicyclic amines) is 1. The molecular formula is C26H34FN3O2. The van der Waals surface area contributed by atoms with Gasteiger partial charge in [-0.25, -0.2) is 9.18 Å². The van der Waals surface area contributed by atoms with E-state index in [9.17, 15) is 9.18 Å². The second-order valence-electron chi connectivity index (χ2n) is 9.71. The normalized spacial score (nSPS) is 20.7. The van der Waals surface area contributed by atoms with E-state index in [0.29, 0.717) is 25.5 Å². The highest BCUT2D eigenvalue weighted by atomic mass is 19.1. The van der Waals surface area contributed by atoms with Gasteiger partial charge in [0.2, 0.25) is 0 Å². The van der Waals surface area contributed by atoms with Crippen molar-refractivity contribution in [1.82, 2.24) is 15.1 Å². The van der Waals surface area contributed by atoms with Crippen LogP contribution in [0.25, 0.3) is 0 Å². The number of hydrogen-bond donors (Lipinski definition) is 1. The second-order valence-corrected chi connectivity index (χ2v) is 9.71. The van der Waals surface area contributed by atoms with E-state index < -0.39 is 0 Å². The lowest BCUT2D eigenvalue weighted by Gasteiger charge is -2.42. The molecule has 5 nitrogen and oxygen atoms in total. The SMILES string of the molecule is CC(C)COc1ccc(CN2C(=O)NC3(CCN(C)CC3)[C@H]2Cc2ccc(F)cc2)cc1. The molecule has 2 aromatic rings. The lowest BCUT2D eigenvalue weighted by atomic mass is 9.79. The van der Waals surface area contributed by atoms with Crippen LogP contribution in [0.2, 0.25) is 0 Å². The molecule has 2 aliphatic heterocycles. The molecule has 0 unspecified atom stereocenters. The van der Waals surface area contributed by atoms with Crippen LogP contribution in [-0.2, 0) is 13.0 Å². The molecule has 0 aromatic heterocycles. The van der Waals surface area contributed by atoms with Crippen molar-refractivity contribution in [3.05, 3.63) is 65.5 Å². The topological polar surface area (TPSA) is 44.8 Å². The third kappa shape index (κ3) is 5.07. The third-order valence-electron chi connectivity index (χ3n) is 6.71. The Morgan fingerprint density at radius 3 is 2.31 bits per heavy atom. The Morgan fingerprint density at radius 2 is 1.69 bits per heavy atom. The highest BCUT2D eigenvalue weighted by Gasteiger charge is 2.51. The van der Waals surface area contributed by atoms with Gasteiger partial charge in [-0.15, -0.1) is 0 Å². The molecule has 0 aliphatic carbocycles. The van der Waals surface area contributed by atoms with E-state index in [1.165, 1.54) is 12.1 Å². The van der Waals surface area contributed by atoms with Crippen molar-refractivity contribution in [1.29, 1.82) is 0 Å². The Hall–Kier alpha value is -2.60. The lowest BCUT2D eigenvalue weighted by Crippen LogP contribution is -2.56. The molecule has 0 bridgehead atoms. The number of hydrogen-bond acceptors (Lipinski definition) is 3. The van der Waals surface area contributed by atoms with Gasteiger partial charge in [-0.2, -0.15) is 0 Å². The minimum absolute atomic E-state index is 0.0122. The summed E-state index contributed by atoms with van der Waals surface area (Å²) in [5.41, 5.74) is 1.87. The zero-order valence-electron chi connectivity index (χ0n) is 19.3. The first-order valence-electron chi connectivity index (χ1n) is 11.6. The number of rotatable bonds is 7. The number of nitrogens with zero attached hydrogens (tertiary/aromatic N) is 2. The van der Waals surface area contributed by atoms with Crippen molar-refractivity contribution >= 4 is 6.03 Å². The van der Waals surface area contributed by atoms with E-state index in [1.54, 1.807) is 0 Å². The van der Waals surface area contributed by atoms with E-state index >= 15 is 0 Å². The minimum atomic E-state index is -0.252. The number of urea groups is 1. The summed E-state index contributed by atoms with van der Waals surface area (Å²) in [6.45, 7) is 7.39. The van der Waals surface area contributed by atoms with Gasteiger partial charge in [0, 0.05) is 19.6 Å². The second kappa shape index (κ2) is 9.49. The number of carbonyl (C=O) groups is 1. The van der Waals surface area contributed by atoms with Gasteiger partial charge in [0.1, 0.15) is 11.6 Å². The highest BCUT2D eigenvalue weighted by Crippen LogP contribution is 2.36. The van der Waals surface area contributed by atoms with Gasteiger partial charge in [-0.1, -0.05) is 38.1 Å². The van der Waals surface area contributed by atoms with Crippen molar-refractivity contribution < 1.29 is 13.9 Å². The Labute approximate surface area is 190 Å². The summed E-state index contributed by atoms with van der Waals surface area (Å²) in [6, 6.07) is 14.7. The molecule has 1 N–H and O–H groups in total. The summed E-state index contributed by atoms with van der Waals surface area (Å²) in [5, 5.41) is 3.35. The molecular weight excluding hydrogens is 405 g/mol. The van der Waals surface area contributed by atoms with Crippen molar-refractivity contribution in [2.75, 3.05) is 26.7 Å². The van der Waals surface area contributed by atoms with Crippen LogP contribution in [-0.4, -0.2) is 54.2 Å². The number of halogens is 1. The fraction of sp³-hybridized carbons (Fsp3) is 0.500. The zero-order valence-corrected chi connectivity index (χ0v) is 19.3. The predicted octanol–water partition coefficient (Wildman–Crippen LogP) is 4.46. The molecule has 2 saturated heterocycles. The van der Waals surface area contributed by atoms with Gasteiger partial charge in [0.15, 0.2) is 0 Å². The summed E-state index contributed by atoms with van der Waals surface area (Å²) in [5.74, 6) is 1.09. The maximum absolute atomic E-state index is 13.5.